The lowest BCUT2D eigenvalue weighted by Crippen LogP contribution is -2.51. The number of hydrogen-bond acceptors (Lipinski definition) is 5. The first-order valence-electron chi connectivity index (χ1n) is 8.28. The van der Waals surface area contributed by atoms with E-state index in [1.54, 1.807) is 46.4 Å². The van der Waals surface area contributed by atoms with E-state index in [1.165, 1.54) is 0 Å². The Bertz CT molecular complexity index is 573. The molecule has 3 N–H and O–H groups in total. The lowest BCUT2D eigenvalue weighted by Gasteiger charge is -2.22. The first kappa shape index (κ1) is 21.1. The highest BCUT2D eigenvalue weighted by molar-refractivity contribution is 5.97. The lowest BCUT2D eigenvalue weighted by molar-refractivity contribution is -0.128. The molecule has 0 saturated heterocycles. The molecule has 0 radical (unpaired) electrons. The molecule has 1 unspecified atom stereocenters. The van der Waals surface area contributed by atoms with Crippen LogP contribution in [0.2, 0.25) is 0 Å². The molecule has 25 heavy (non-hydrogen) atoms. The minimum absolute atomic E-state index is 0.122. The van der Waals surface area contributed by atoms with E-state index >= 15 is 0 Å². The smallest absolute Gasteiger partial charge is 0.246 e. The largest absolute Gasteiger partial charge is 0.352 e. The van der Waals surface area contributed by atoms with E-state index in [1.807, 2.05) is 19.9 Å². The number of benzene rings is 1. The van der Waals surface area contributed by atoms with Crippen molar-refractivity contribution in [3.63, 3.8) is 0 Å². The van der Waals surface area contributed by atoms with E-state index in [-0.39, 0.29) is 23.8 Å². The summed E-state index contributed by atoms with van der Waals surface area (Å²) < 4.78 is 10.4. The fourth-order valence-electron chi connectivity index (χ4n) is 2.52. The van der Waals surface area contributed by atoms with Gasteiger partial charge in [-0.2, -0.15) is 0 Å². The SMILES string of the molecule is CNC(C(=O)N[C@@H](C)C(=O)Nc1cccc(C(OC)OC)c1)C(C)C. The Balaban J connectivity index is 2.72. The van der Waals surface area contributed by atoms with Gasteiger partial charge in [-0.3, -0.25) is 9.59 Å². The van der Waals surface area contributed by atoms with Crippen LogP contribution in [0.15, 0.2) is 24.3 Å². The summed E-state index contributed by atoms with van der Waals surface area (Å²) in [6.45, 7) is 5.54. The summed E-state index contributed by atoms with van der Waals surface area (Å²) in [5, 5.41) is 8.48. The first-order chi connectivity index (χ1) is 11.8. The van der Waals surface area contributed by atoms with E-state index < -0.39 is 12.3 Å². The molecule has 0 aromatic heterocycles. The standard InChI is InChI=1S/C18H29N3O4/c1-11(2)15(19-4)17(23)20-12(3)16(22)21-14-9-7-8-13(10-14)18(24-5)25-6/h7-12,15,18-19H,1-6H3,(H,20,23)(H,21,22)/t12-,15?/m0/s1. The number of methoxy groups -OCH3 is 2. The van der Waals surface area contributed by atoms with Crippen molar-refractivity contribution < 1.29 is 19.1 Å². The molecule has 140 valence electrons. The predicted octanol–water partition coefficient (Wildman–Crippen LogP) is 1.67. The monoisotopic (exact) mass is 351 g/mol. The van der Waals surface area contributed by atoms with Crippen molar-refractivity contribution in [3.8, 4) is 0 Å². The number of rotatable bonds is 9. The van der Waals surface area contributed by atoms with Gasteiger partial charge in [-0.05, 0) is 32.0 Å². The molecular formula is C18H29N3O4. The maximum absolute atomic E-state index is 12.3. The molecule has 1 aromatic carbocycles. The minimum atomic E-state index is -0.661. The third kappa shape index (κ3) is 6.12. The van der Waals surface area contributed by atoms with Crippen molar-refractivity contribution in [2.45, 2.75) is 39.1 Å². The first-order valence-corrected chi connectivity index (χ1v) is 8.28. The second-order valence-corrected chi connectivity index (χ2v) is 6.16. The van der Waals surface area contributed by atoms with E-state index in [2.05, 4.69) is 16.0 Å². The summed E-state index contributed by atoms with van der Waals surface area (Å²) in [6, 6.07) is 6.18. The summed E-state index contributed by atoms with van der Waals surface area (Å²) in [7, 11) is 4.82. The number of carbonyl (C=O) groups is 2. The molecule has 0 heterocycles. The molecule has 7 nitrogen and oxygen atoms in total. The highest BCUT2D eigenvalue weighted by atomic mass is 16.7. The maximum atomic E-state index is 12.3. The molecule has 2 amide bonds. The zero-order valence-corrected chi connectivity index (χ0v) is 15.8. The van der Waals surface area contributed by atoms with Crippen LogP contribution in [0.5, 0.6) is 0 Å². The van der Waals surface area contributed by atoms with Gasteiger partial charge >= 0.3 is 0 Å². The fourth-order valence-corrected chi connectivity index (χ4v) is 2.52. The van der Waals surface area contributed by atoms with E-state index in [0.717, 1.165) is 5.56 Å². The molecule has 0 spiro atoms. The number of carbonyl (C=O) groups excluding carboxylic acids is 2. The highest BCUT2D eigenvalue weighted by Crippen LogP contribution is 2.20. The van der Waals surface area contributed by atoms with E-state index in [0.29, 0.717) is 5.69 Å². The van der Waals surface area contributed by atoms with Gasteiger partial charge in [-0.25, -0.2) is 0 Å². The predicted molar refractivity (Wildman–Crippen MR) is 97.1 cm³/mol. The topological polar surface area (TPSA) is 88.7 Å². The van der Waals surface area contributed by atoms with Crippen LogP contribution < -0.4 is 16.0 Å². The van der Waals surface area contributed by atoms with E-state index in [4.69, 9.17) is 9.47 Å². The van der Waals surface area contributed by atoms with Crippen molar-refractivity contribution in [1.29, 1.82) is 0 Å². The molecule has 0 saturated carbocycles. The number of anilines is 1. The molecule has 1 rings (SSSR count). The van der Waals surface area contributed by atoms with Crippen LogP contribution in [0.25, 0.3) is 0 Å². The van der Waals surface area contributed by atoms with Crippen molar-refractivity contribution >= 4 is 17.5 Å². The lowest BCUT2D eigenvalue weighted by atomic mass is 10.0. The quantitative estimate of drug-likeness (QED) is 0.589. The number of likely N-dealkylation sites (N-methyl/N-ethyl adjacent to an activating group) is 1. The van der Waals surface area contributed by atoms with Crippen molar-refractivity contribution in [2.75, 3.05) is 26.6 Å². The zero-order valence-electron chi connectivity index (χ0n) is 15.8. The van der Waals surface area contributed by atoms with Crippen LogP contribution >= 0.6 is 0 Å². The maximum Gasteiger partial charge on any atom is 0.246 e. The summed E-state index contributed by atoms with van der Waals surface area (Å²) in [5.74, 6) is -0.375. The van der Waals surface area contributed by atoms with Gasteiger partial charge in [0.2, 0.25) is 11.8 Å². The molecule has 0 aliphatic carbocycles. The van der Waals surface area contributed by atoms with Crippen LogP contribution in [0.1, 0.15) is 32.6 Å². The van der Waals surface area contributed by atoms with Gasteiger partial charge in [-0.1, -0.05) is 26.0 Å². The van der Waals surface area contributed by atoms with Gasteiger partial charge in [0.05, 0.1) is 6.04 Å². The van der Waals surface area contributed by atoms with Crippen LogP contribution in [-0.4, -0.2) is 45.2 Å². The van der Waals surface area contributed by atoms with Gasteiger partial charge in [0.1, 0.15) is 6.04 Å². The Hall–Kier alpha value is -1.96. The zero-order chi connectivity index (χ0) is 19.0. The van der Waals surface area contributed by atoms with Crippen LogP contribution in [0.3, 0.4) is 0 Å². The van der Waals surface area contributed by atoms with Crippen molar-refractivity contribution in [3.05, 3.63) is 29.8 Å². The molecule has 7 heteroatoms. The molecule has 0 aliphatic rings. The minimum Gasteiger partial charge on any atom is -0.352 e. The summed E-state index contributed by atoms with van der Waals surface area (Å²) in [4.78, 5) is 24.6. The van der Waals surface area contributed by atoms with Gasteiger partial charge in [0, 0.05) is 25.5 Å². The summed E-state index contributed by atoms with van der Waals surface area (Å²) in [5.41, 5.74) is 1.39. The fraction of sp³-hybridized carbons (Fsp3) is 0.556. The molecular weight excluding hydrogens is 322 g/mol. The van der Waals surface area contributed by atoms with Gasteiger partial charge in [-0.15, -0.1) is 0 Å². The molecule has 2 atom stereocenters. The van der Waals surface area contributed by atoms with Crippen LogP contribution in [0.4, 0.5) is 5.69 Å². The third-order valence-electron chi connectivity index (χ3n) is 3.87. The van der Waals surface area contributed by atoms with Gasteiger partial charge in [0.25, 0.3) is 0 Å². The number of ether oxygens (including phenoxy) is 2. The molecule has 0 fully saturated rings. The second-order valence-electron chi connectivity index (χ2n) is 6.16. The van der Waals surface area contributed by atoms with Crippen molar-refractivity contribution in [1.82, 2.24) is 10.6 Å². The Labute approximate surface area is 149 Å². The summed E-state index contributed by atoms with van der Waals surface area (Å²) >= 11 is 0. The molecule has 1 aromatic rings. The second kappa shape index (κ2) is 10.1. The van der Waals surface area contributed by atoms with Gasteiger partial charge < -0.3 is 25.4 Å². The summed E-state index contributed by atoms with van der Waals surface area (Å²) in [6.07, 6.45) is -0.503. The third-order valence-corrected chi connectivity index (χ3v) is 3.87. The Morgan fingerprint density at radius 1 is 1.04 bits per heavy atom. The number of amides is 2. The highest BCUT2D eigenvalue weighted by Gasteiger charge is 2.24. The normalized spacial score (nSPS) is 13.6. The van der Waals surface area contributed by atoms with Gasteiger partial charge in [0.15, 0.2) is 6.29 Å². The Kier molecular flexibility index (Phi) is 8.54. The Morgan fingerprint density at radius 3 is 2.20 bits per heavy atom. The Morgan fingerprint density at radius 2 is 1.68 bits per heavy atom. The number of nitrogens with one attached hydrogen (secondary N) is 3. The average molecular weight is 351 g/mol. The van der Waals surface area contributed by atoms with E-state index in [9.17, 15) is 9.59 Å². The molecule has 0 bridgehead atoms. The van der Waals surface area contributed by atoms with Crippen molar-refractivity contribution in [2.24, 2.45) is 5.92 Å². The average Bonchev–Trinajstić information content (AvgIpc) is 2.56. The van der Waals surface area contributed by atoms with Crippen LogP contribution in [-0.2, 0) is 19.1 Å². The number of hydrogen-bond donors (Lipinski definition) is 3. The molecule has 0 aliphatic heterocycles. The van der Waals surface area contributed by atoms with Crippen LogP contribution in [0, 0.1) is 5.92 Å².